The van der Waals surface area contributed by atoms with Crippen LogP contribution < -0.4 is 19.5 Å². The van der Waals surface area contributed by atoms with Gasteiger partial charge in [-0.05, 0) is 56.2 Å². The number of benzene rings is 2. The zero-order chi connectivity index (χ0) is 21.8. The fourth-order valence-corrected chi connectivity index (χ4v) is 5.22. The molecule has 0 spiro atoms. The Morgan fingerprint density at radius 1 is 1.06 bits per heavy atom. The van der Waals surface area contributed by atoms with E-state index in [2.05, 4.69) is 5.32 Å². The summed E-state index contributed by atoms with van der Waals surface area (Å²) in [5.41, 5.74) is 0.638. The molecule has 2 aliphatic heterocycles. The predicted octanol–water partition coefficient (Wildman–Crippen LogP) is 2.90. The van der Waals surface area contributed by atoms with Gasteiger partial charge in [0.2, 0.25) is 15.9 Å². The number of nitrogens with zero attached hydrogens (tertiary/aromatic N) is 1. The van der Waals surface area contributed by atoms with Crippen molar-refractivity contribution in [2.75, 3.05) is 38.2 Å². The second kappa shape index (κ2) is 9.15. The van der Waals surface area contributed by atoms with Gasteiger partial charge in [0.1, 0.15) is 19.0 Å². The maximum absolute atomic E-state index is 12.9. The molecule has 0 atom stereocenters. The van der Waals surface area contributed by atoms with Gasteiger partial charge in [0.05, 0.1) is 11.5 Å². The van der Waals surface area contributed by atoms with E-state index in [0.29, 0.717) is 68.7 Å². The predicted molar refractivity (Wildman–Crippen MR) is 115 cm³/mol. The summed E-state index contributed by atoms with van der Waals surface area (Å²) >= 11 is 0. The first kappa shape index (κ1) is 21.5. The molecular weight excluding hydrogens is 420 g/mol. The van der Waals surface area contributed by atoms with Crippen molar-refractivity contribution in [2.24, 2.45) is 5.92 Å². The van der Waals surface area contributed by atoms with Crippen LogP contribution in [0.2, 0.25) is 0 Å². The molecule has 2 aliphatic rings. The molecule has 0 bridgehead atoms. The first-order valence-corrected chi connectivity index (χ1v) is 11.8. The summed E-state index contributed by atoms with van der Waals surface area (Å²) in [6.45, 7) is 3.98. The highest BCUT2D eigenvalue weighted by molar-refractivity contribution is 7.89. The third kappa shape index (κ3) is 4.77. The fourth-order valence-electron chi connectivity index (χ4n) is 3.75. The number of sulfonamides is 1. The summed E-state index contributed by atoms with van der Waals surface area (Å²) in [6.07, 6.45) is 0.930. The molecule has 4 rings (SSSR count). The standard InChI is InChI=1S/C22H26N2O6S/c1-2-28-18-4-6-19(7-5-18)31(26,27)24-11-9-16(10-12-24)22(25)23-17-3-8-20-21(15-17)30-14-13-29-20/h3-8,15-16H,2,9-14H2,1H3,(H,23,25). The third-order valence-corrected chi connectivity index (χ3v) is 7.32. The molecule has 1 fully saturated rings. The van der Waals surface area contributed by atoms with Crippen LogP contribution in [-0.4, -0.2) is 51.5 Å². The van der Waals surface area contributed by atoms with Crippen molar-refractivity contribution in [2.45, 2.75) is 24.7 Å². The number of anilines is 1. The monoisotopic (exact) mass is 446 g/mol. The number of rotatable bonds is 6. The van der Waals surface area contributed by atoms with Crippen LogP contribution >= 0.6 is 0 Å². The van der Waals surface area contributed by atoms with E-state index in [-0.39, 0.29) is 16.7 Å². The Balaban J connectivity index is 1.35. The van der Waals surface area contributed by atoms with Crippen molar-refractivity contribution in [1.82, 2.24) is 4.31 Å². The molecule has 1 amide bonds. The zero-order valence-electron chi connectivity index (χ0n) is 17.4. The van der Waals surface area contributed by atoms with Gasteiger partial charge in [-0.3, -0.25) is 4.79 Å². The largest absolute Gasteiger partial charge is 0.494 e. The van der Waals surface area contributed by atoms with Gasteiger partial charge in [-0.1, -0.05) is 0 Å². The Morgan fingerprint density at radius 3 is 2.42 bits per heavy atom. The molecule has 0 aliphatic carbocycles. The Kier molecular flexibility index (Phi) is 6.33. The lowest BCUT2D eigenvalue weighted by atomic mass is 9.97. The van der Waals surface area contributed by atoms with E-state index in [4.69, 9.17) is 14.2 Å². The lowest BCUT2D eigenvalue weighted by Crippen LogP contribution is -2.41. The number of carbonyl (C=O) groups is 1. The fraction of sp³-hybridized carbons (Fsp3) is 0.409. The molecule has 2 aromatic rings. The molecular formula is C22H26N2O6S. The minimum atomic E-state index is -3.60. The van der Waals surface area contributed by atoms with Crippen molar-refractivity contribution >= 4 is 21.6 Å². The molecule has 166 valence electrons. The summed E-state index contributed by atoms with van der Waals surface area (Å²) in [5.74, 6) is 1.54. The molecule has 0 aromatic heterocycles. The van der Waals surface area contributed by atoms with Gasteiger partial charge in [-0.25, -0.2) is 8.42 Å². The van der Waals surface area contributed by atoms with Crippen LogP contribution in [0.5, 0.6) is 17.2 Å². The summed E-state index contributed by atoms with van der Waals surface area (Å²) in [5, 5.41) is 2.91. The molecule has 8 nitrogen and oxygen atoms in total. The number of amides is 1. The minimum absolute atomic E-state index is 0.116. The second-order valence-corrected chi connectivity index (χ2v) is 9.37. The molecule has 2 heterocycles. The van der Waals surface area contributed by atoms with Crippen LogP contribution in [0.1, 0.15) is 19.8 Å². The molecule has 9 heteroatoms. The SMILES string of the molecule is CCOc1ccc(S(=O)(=O)N2CCC(C(=O)Nc3ccc4c(c3)OCCO4)CC2)cc1. The normalized spacial score (nSPS) is 17.2. The highest BCUT2D eigenvalue weighted by Crippen LogP contribution is 2.33. The highest BCUT2D eigenvalue weighted by atomic mass is 32.2. The van der Waals surface area contributed by atoms with Crippen LogP contribution in [0.3, 0.4) is 0 Å². The summed E-state index contributed by atoms with van der Waals surface area (Å²) in [7, 11) is -3.60. The van der Waals surface area contributed by atoms with Crippen molar-refractivity contribution < 1.29 is 27.4 Å². The lowest BCUT2D eigenvalue weighted by Gasteiger charge is -2.30. The van der Waals surface area contributed by atoms with Crippen LogP contribution in [0.25, 0.3) is 0 Å². The quantitative estimate of drug-likeness (QED) is 0.733. The maximum atomic E-state index is 12.9. The molecule has 1 saturated heterocycles. The Bertz CT molecular complexity index is 1030. The van der Waals surface area contributed by atoms with E-state index in [1.54, 1.807) is 42.5 Å². The number of ether oxygens (including phenoxy) is 3. The number of hydrogen-bond donors (Lipinski definition) is 1. The second-order valence-electron chi connectivity index (χ2n) is 7.43. The number of hydrogen-bond acceptors (Lipinski definition) is 6. The zero-order valence-corrected chi connectivity index (χ0v) is 18.2. The van der Waals surface area contributed by atoms with Crippen LogP contribution in [0.15, 0.2) is 47.4 Å². The maximum Gasteiger partial charge on any atom is 0.243 e. The van der Waals surface area contributed by atoms with E-state index < -0.39 is 10.0 Å². The van der Waals surface area contributed by atoms with Crippen LogP contribution in [-0.2, 0) is 14.8 Å². The first-order valence-electron chi connectivity index (χ1n) is 10.4. The molecule has 0 saturated carbocycles. The average Bonchev–Trinajstić information content (AvgIpc) is 2.79. The van der Waals surface area contributed by atoms with Gasteiger partial charge in [0.25, 0.3) is 0 Å². The van der Waals surface area contributed by atoms with E-state index in [9.17, 15) is 13.2 Å². The number of carbonyl (C=O) groups excluding carboxylic acids is 1. The molecule has 0 unspecified atom stereocenters. The molecule has 31 heavy (non-hydrogen) atoms. The van der Waals surface area contributed by atoms with Crippen molar-refractivity contribution in [3.05, 3.63) is 42.5 Å². The Morgan fingerprint density at radius 2 is 1.74 bits per heavy atom. The molecule has 1 N–H and O–H groups in total. The van der Waals surface area contributed by atoms with Gasteiger partial charge < -0.3 is 19.5 Å². The summed E-state index contributed by atoms with van der Waals surface area (Å²) in [4.78, 5) is 12.9. The number of piperidine rings is 1. The third-order valence-electron chi connectivity index (χ3n) is 5.41. The number of nitrogens with one attached hydrogen (secondary N) is 1. The van der Waals surface area contributed by atoms with E-state index in [1.807, 2.05) is 6.92 Å². The van der Waals surface area contributed by atoms with E-state index in [0.717, 1.165) is 0 Å². The average molecular weight is 447 g/mol. The number of fused-ring (bicyclic) bond motifs is 1. The van der Waals surface area contributed by atoms with Crippen molar-refractivity contribution in [3.63, 3.8) is 0 Å². The van der Waals surface area contributed by atoms with Gasteiger partial charge >= 0.3 is 0 Å². The van der Waals surface area contributed by atoms with E-state index in [1.165, 1.54) is 4.31 Å². The van der Waals surface area contributed by atoms with Gasteiger partial charge in [0.15, 0.2) is 11.5 Å². The minimum Gasteiger partial charge on any atom is -0.494 e. The highest BCUT2D eigenvalue weighted by Gasteiger charge is 2.32. The summed E-state index contributed by atoms with van der Waals surface area (Å²) < 4.78 is 43.7. The summed E-state index contributed by atoms with van der Waals surface area (Å²) in [6, 6.07) is 11.7. The van der Waals surface area contributed by atoms with Crippen LogP contribution in [0, 0.1) is 5.92 Å². The van der Waals surface area contributed by atoms with Crippen molar-refractivity contribution in [3.8, 4) is 17.2 Å². The molecule has 0 radical (unpaired) electrons. The van der Waals surface area contributed by atoms with Gasteiger partial charge in [0, 0.05) is 30.8 Å². The Labute approximate surface area is 182 Å². The molecule has 2 aromatic carbocycles. The van der Waals surface area contributed by atoms with Gasteiger partial charge in [-0.15, -0.1) is 0 Å². The van der Waals surface area contributed by atoms with Crippen LogP contribution in [0.4, 0.5) is 5.69 Å². The Hall–Kier alpha value is -2.78. The lowest BCUT2D eigenvalue weighted by molar-refractivity contribution is -0.120. The van der Waals surface area contributed by atoms with E-state index >= 15 is 0 Å². The first-order chi connectivity index (χ1) is 15.0. The topological polar surface area (TPSA) is 94.2 Å². The smallest absolute Gasteiger partial charge is 0.243 e. The van der Waals surface area contributed by atoms with Crippen molar-refractivity contribution in [1.29, 1.82) is 0 Å². The van der Waals surface area contributed by atoms with Gasteiger partial charge in [-0.2, -0.15) is 4.31 Å².